The normalized spacial score (nSPS) is 14.2. The number of pyridine rings is 1. The second-order valence-electron chi connectivity index (χ2n) is 8.73. The average Bonchev–Trinajstić information content (AvgIpc) is 3.25. The van der Waals surface area contributed by atoms with Gasteiger partial charge in [-0.1, -0.05) is 23.4 Å². The Kier molecular flexibility index (Phi) is 7.00. The van der Waals surface area contributed by atoms with Crippen molar-refractivity contribution < 1.29 is 31.5 Å². The lowest BCUT2D eigenvalue weighted by Crippen LogP contribution is -2.21. The van der Waals surface area contributed by atoms with Crippen LogP contribution in [-0.4, -0.2) is 16.8 Å². The number of hydrogen-bond donors (Lipinski definition) is 2. The molecule has 1 unspecified atom stereocenters. The van der Waals surface area contributed by atoms with Crippen molar-refractivity contribution >= 4 is 29.1 Å². The van der Waals surface area contributed by atoms with Gasteiger partial charge in [-0.3, -0.25) is 14.6 Å². The minimum atomic E-state index is -4.89. The number of benzene rings is 3. The molecule has 2 amide bonds. The van der Waals surface area contributed by atoms with Crippen molar-refractivity contribution in [1.29, 1.82) is 0 Å². The zero-order valence-electron chi connectivity index (χ0n) is 20.0. The molecule has 0 bridgehead atoms. The summed E-state index contributed by atoms with van der Waals surface area (Å²) < 4.78 is 67.8. The van der Waals surface area contributed by atoms with Crippen LogP contribution in [0, 0.1) is 23.5 Å². The lowest BCUT2D eigenvalue weighted by Gasteiger charge is -2.18. The van der Waals surface area contributed by atoms with Crippen LogP contribution in [0.5, 0.6) is 0 Å². The number of alkyl halides is 3. The highest BCUT2D eigenvalue weighted by Gasteiger charge is 2.35. The van der Waals surface area contributed by atoms with Crippen molar-refractivity contribution in [2.24, 2.45) is 0 Å². The molecule has 1 aliphatic rings. The van der Waals surface area contributed by atoms with Gasteiger partial charge >= 0.3 is 6.18 Å². The molecule has 0 saturated heterocycles. The second kappa shape index (κ2) is 10.4. The monoisotopic (exact) mass is 567 g/mol. The summed E-state index contributed by atoms with van der Waals surface area (Å²) in [4.78, 5) is 30.1. The molecule has 2 N–H and O–H groups in total. The Labute approximate surface area is 229 Å². The third-order valence-electron chi connectivity index (χ3n) is 6.01. The van der Waals surface area contributed by atoms with Gasteiger partial charge in [0.2, 0.25) is 0 Å². The molecule has 3 aromatic carbocycles. The van der Waals surface area contributed by atoms with Gasteiger partial charge < -0.3 is 10.6 Å². The van der Waals surface area contributed by atoms with E-state index in [1.807, 2.05) is 0 Å². The second-order valence-corrected chi connectivity index (χ2v) is 9.14. The smallest absolute Gasteiger partial charge is 0.341 e. The number of nitrogens with one attached hydrogen (secondary N) is 2. The quantitative estimate of drug-likeness (QED) is 0.219. The van der Waals surface area contributed by atoms with E-state index in [0.29, 0.717) is 17.7 Å². The Morgan fingerprint density at radius 2 is 1.75 bits per heavy atom. The van der Waals surface area contributed by atoms with E-state index < -0.39 is 46.8 Å². The Balaban J connectivity index is 1.63. The van der Waals surface area contributed by atoms with Gasteiger partial charge in [0.25, 0.3) is 11.8 Å². The predicted molar refractivity (Wildman–Crippen MR) is 137 cm³/mol. The first-order valence-corrected chi connectivity index (χ1v) is 11.9. The van der Waals surface area contributed by atoms with Crippen LogP contribution in [0.15, 0.2) is 73.1 Å². The van der Waals surface area contributed by atoms with Crippen LogP contribution in [0.4, 0.5) is 27.6 Å². The van der Waals surface area contributed by atoms with E-state index in [-0.39, 0.29) is 39.0 Å². The summed E-state index contributed by atoms with van der Waals surface area (Å²) in [7, 11) is 0. The van der Waals surface area contributed by atoms with Crippen molar-refractivity contribution in [1.82, 2.24) is 10.3 Å². The number of amides is 2. The molecule has 5 rings (SSSR count). The summed E-state index contributed by atoms with van der Waals surface area (Å²) >= 11 is 6.29. The lowest BCUT2D eigenvalue weighted by molar-refractivity contribution is -0.137. The maximum atomic E-state index is 14.1. The Bertz CT molecular complexity index is 1730. The summed E-state index contributed by atoms with van der Waals surface area (Å²) in [5.74, 6) is 2.18. The summed E-state index contributed by atoms with van der Waals surface area (Å²) in [6, 6.07) is 10.2. The number of hydrogen-bond acceptors (Lipinski definition) is 3. The fourth-order valence-corrected chi connectivity index (χ4v) is 4.46. The van der Waals surface area contributed by atoms with E-state index in [1.165, 1.54) is 24.4 Å². The fourth-order valence-electron chi connectivity index (χ4n) is 4.24. The Morgan fingerprint density at radius 3 is 2.48 bits per heavy atom. The highest BCUT2D eigenvalue weighted by molar-refractivity contribution is 6.31. The highest BCUT2D eigenvalue weighted by Crippen LogP contribution is 2.40. The molecule has 5 nitrogen and oxygen atoms in total. The topological polar surface area (TPSA) is 71.1 Å². The summed E-state index contributed by atoms with van der Waals surface area (Å²) in [5, 5.41) is 5.29. The lowest BCUT2D eigenvalue weighted by atomic mass is 9.94. The zero-order chi connectivity index (χ0) is 28.6. The largest absolute Gasteiger partial charge is 0.416 e. The molecule has 1 aliphatic heterocycles. The van der Waals surface area contributed by atoms with Crippen molar-refractivity contribution in [3.8, 4) is 11.8 Å². The zero-order valence-corrected chi connectivity index (χ0v) is 20.8. The van der Waals surface area contributed by atoms with Crippen molar-refractivity contribution in [3.63, 3.8) is 0 Å². The van der Waals surface area contributed by atoms with Crippen molar-refractivity contribution in [3.05, 3.63) is 129 Å². The predicted octanol–water partition coefficient (Wildman–Crippen LogP) is 6.52. The highest BCUT2D eigenvalue weighted by atomic mass is 35.5. The maximum Gasteiger partial charge on any atom is 0.416 e. The van der Waals surface area contributed by atoms with E-state index in [4.69, 9.17) is 11.6 Å². The third-order valence-corrected chi connectivity index (χ3v) is 6.35. The molecule has 0 spiro atoms. The molecule has 0 radical (unpaired) electrons. The van der Waals surface area contributed by atoms with Crippen LogP contribution in [0.3, 0.4) is 0 Å². The Hall–Kier alpha value is -4.75. The van der Waals surface area contributed by atoms with E-state index in [0.717, 1.165) is 12.1 Å². The molecule has 40 heavy (non-hydrogen) atoms. The van der Waals surface area contributed by atoms with Gasteiger partial charge in [-0.2, -0.15) is 13.2 Å². The summed E-state index contributed by atoms with van der Waals surface area (Å²) in [5.41, 5.74) is -0.691. The number of carbonyl (C=O) groups is 2. The van der Waals surface area contributed by atoms with Crippen LogP contribution < -0.4 is 10.6 Å². The van der Waals surface area contributed by atoms with Crippen LogP contribution in [-0.2, 0) is 6.18 Å². The molecule has 4 aromatic rings. The van der Waals surface area contributed by atoms with Crippen LogP contribution in [0.2, 0.25) is 5.02 Å². The Morgan fingerprint density at radius 1 is 0.975 bits per heavy atom. The molecule has 11 heteroatoms. The van der Waals surface area contributed by atoms with Crippen LogP contribution in [0.25, 0.3) is 0 Å². The SMILES string of the molecule is O=C(Nc1cc(C#Cc2cccnc2)cc2c1C(c1cc(F)ccc1Cl)NC2=O)c1cc(F)cc(C(F)(F)F)c1. The van der Waals surface area contributed by atoms with Crippen molar-refractivity contribution in [2.75, 3.05) is 5.32 Å². The molecule has 0 fully saturated rings. The fraction of sp³-hybridized carbons (Fsp3) is 0.0690. The van der Waals surface area contributed by atoms with Crippen molar-refractivity contribution in [2.45, 2.75) is 12.2 Å². The van der Waals surface area contributed by atoms with E-state index in [1.54, 1.807) is 18.3 Å². The molecular weight excluding hydrogens is 553 g/mol. The first kappa shape index (κ1) is 26.8. The number of anilines is 1. The average molecular weight is 568 g/mol. The van der Waals surface area contributed by atoms with E-state index >= 15 is 0 Å². The van der Waals surface area contributed by atoms with E-state index in [9.17, 15) is 31.5 Å². The van der Waals surface area contributed by atoms with Gasteiger partial charge in [0.1, 0.15) is 11.6 Å². The molecule has 1 aromatic heterocycles. The van der Waals surface area contributed by atoms with Gasteiger partial charge in [0, 0.05) is 56.5 Å². The van der Waals surface area contributed by atoms with Gasteiger partial charge in [-0.05, 0) is 60.7 Å². The number of carbonyl (C=O) groups excluding carboxylic acids is 2. The summed E-state index contributed by atoms with van der Waals surface area (Å²) in [6.07, 6.45) is -1.82. The molecule has 1 atom stereocenters. The third kappa shape index (κ3) is 5.51. The van der Waals surface area contributed by atoms with Gasteiger partial charge in [0.05, 0.1) is 11.6 Å². The van der Waals surface area contributed by atoms with Crippen LogP contribution in [0.1, 0.15) is 54.6 Å². The number of fused-ring (bicyclic) bond motifs is 1. The molecule has 2 heterocycles. The van der Waals surface area contributed by atoms with Crippen LogP contribution >= 0.6 is 11.6 Å². The maximum absolute atomic E-state index is 14.1. The van der Waals surface area contributed by atoms with Gasteiger partial charge in [-0.25, -0.2) is 8.78 Å². The van der Waals surface area contributed by atoms with Gasteiger partial charge in [-0.15, -0.1) is 0 Å². The first-order valence-electron chi connectivity index (χ1n) is 11.5. The molecule has 0 saturated carbocycles. The van der Waals surface area contributed by atoms with Gasteiger partial charge in [0.15, 0.2) is 0 Å². The molecular formula is C29H15ClF5N3O2. The standard InChI is InChI=1S/C29H15ClF5N3O2/c30-23-6-5-19(31)13-21(23)26-25-22(28(40)38-26)8-16(4-3-15-2-1-7-36-14-15)9-24(25)37-27(39)17-10-18(29(33,34)35)12-20(32)11-17/h1-2,5-14,26H,(H,37,39)(H,38,40). The minimum absolute atomic E-state index is 0.0144. The number of rotatable bonds is 3. The number of nitrogens with zero attached hydrogens (tertiary/aromatic N) is 1. The number of halogens is 6. The van der Waals surface area contributed by atoms with E-state index in [2.05, 4.69) is 27.5 Å². The molecule has 0 aliphatic carbocycles. The minimum Gasteiger partial charge on any atom is -0.341 e. The molecule has 200 valence electrons. The first-order chi connectivity index (χ1) is 19.0. The number of aromatic nitrogens is 1. The summed E-state index contributed by atoms with van der Waals surface area (Å²) in [6.45, 7) is 0.